The van der Waals surface area contributed by atoms with Crippen molar-refractivity contribution in [2.45, 2.75) is 26.7 Å². The highest BCUT2D eigenvalue weighted by molar-refractivity contribution is 7.53. The minimum Gasteiger partial charge on any atom is -0.493 e. The molecule has 2 amide bonds. The van der Waals surface area contributed by atoms with Crippen LogP contribution in [0.5, 0.6) is 23.0 Å². The number of hydrogen-bond donors (Lipinski definition) is 2. The van der Waals surface area contributed by atoms with Gasteiger partial charge in [-0.25, -0.2) is 8.78 Å². The number of anilines is 2. The van der Waals surface area contributed by atoms with E-state index in [4.69, 9.17) is 28.1 Å². The summed E-state index contributed by atoms with van der Waals surface area (Å²) in [7, 11) is -2.14. The monoisotopic (exact) mass is 742 g/mol. The quantitative estimate of drug-likeness (QED) is 0.0455. The van der Waals surface area contributed by atoms with Gasteiger partial charge in [0.05, 0.1) is 32.4 Å². The van der Waals surface area contributed by atoms with Crippen LogP contribution in [0.2, 0.25) is 0 Å². The molecule has 2 N–H and O–H groups in total. The van der Waals surface area contributed by atoms with E-state index in [1.165, 1.54) is 55.8 Å². The number of carbonyl (C=O) groups is 3. The maximum atomic E-state index is 15.4. The molecule has 3 aromatic carbocycles. The summed E-state index contributed by atoms with van der Waals surface area (Å²) in [5.41, 5.74) is -0.425. The van der Waals surface area contributed by atoms with Crippen molar-refractivity contribution in [3.8, 4) is 23.0 Å². The number of pyridine rings is 1. The van der Waals surface area contributed by atoms with Crippen molar-refractivity contribution in [1.82, 2.24) is 10.0 Å². The fourth-order valence-corrected chi connectivity index (χ4v) is 6.79. The highest BCUT2D eigenvalue weighted by Gasteiger charge is 2.56. The second-order valence-electron chi connectivity index (χ2n) is 11.4. The summed E-state index contributed by atoms with van der Waals surface area (Å²) in [5.74, 6) is -1.75. The zero-order chi connectivity index (χ0) is 37.3. The summed E-state index contributed by atoms with van der Waals surface area (Å²) < 4.78 is 69.5. The average Bonchev–Trinajstić information content (AvgIpc) is 3.93. The number of ether oxygens (including phenoxy) is 3. The number of nitrogens with zero attached hydrogens (tertiary/aromatic N) is 2. The van der Waals surface area contributed by atoms with Crippen LogP contribution < -0.4 is 24.8 Å². The fourth-order valence-electron chi connectivity index (χ4n) is 5.17. The minimum absolute atomic E-state index is 0.0192. The van der Waals surface area contributed by atoms with E-state index in [0.29, 0.717) is 35.2 Å². The Hall–Kier alpha value is -5.15. The molecule has 17 heteroatoms. The molecular weight excluding hydrogens is 705 g/mol. The van der Waals surface area contributed by atoms with Crippen molar-refractivity contribution in [2.24, 2.45) is 5.41 Å². The first-order chi connectivity index (χ1) is 25.0. The topological polar surface area (TPSA) is 164 Å². The van der Waals surface area contributed by atoms with Crippen LogP contribution in [0.3, 0.4) is 0 Å². The minimum atomic E-state index is -3.58. The number of aromatic nitrogens is 1. The van der Waals surface area contributed by atoms with Gasteiger partial charge in [-0.3, -0.25) is 23.9 Å². The van der Waals surface area contributed by atoms with Crippen molar-refractivity contribution in [2.75, 3.05) is 50.4 Å². The molecule has 1 aliphatic carbocycles. The van der Waals surface area contributed by atoms with E-state index in [2.05, 4.69) is 15.6 Å². The van der Waals surface area contributed by atoms with Gasteiger partial charge in [0.25, 0.3) is 0 Å². The molecule has 1 aromatic heterocycles. The molecule has 276 valence electrons. The second-order valence-corrected chi connectivity index (χ2v) is 13.4. The van der Waals surface area contributed by atoms with Crippen LogP contribution in [0.4, 0.5) is 20.2 Å². The molecule has 0 radical (unpaired) electrons. The Labute approximate surface area is 297 Å². The summed E-state index contributed by atoms with van der Waals surface area (Å²) in [6.45, 7) is 3.69. The van der Waals surface area contributed by atoms with E-state index in [0.717, 1.165) is 11.1 Å². The van der Waals surface area contributed by atoms with Gasteiger partial charge in [-0.1, -0.05) is 0 Å². The first-order valence-corrected chi connectivity index (χ1v) is 17.9. The van der Waals surface area contributed by atoms with E-state index in [1.807, 2.05) is 0 Å². The average molecular weight is 743 g/mol. The normalized spacial score (nSPS) is 13.3. The number of methoxy groups -OCH3 is 1. The second kappa shape index (κ2) is 16.9. The number of halogens is 2. The van der Waals surface area contributed by atoms with Crippen molar-refractivity contribution >= 4 is 48.2 Å². The summed E-state index contributed by atoms with van der Waals surface area (Å²) in [4.78, 5) is 46.4. The van der Waals surface area contributed by atoms with Gasteiger partial charge < -0.3 is 38.7 Å². The number of nitrogens with one attached hydrogen (secondary N) is 2. The molecule has 0 bridgehead atoms. The number of rotatable bonds is 19. The van der Waals surface area contributed by atoms with Gasteiger partial charge in [0.15, 0.2) is 23.1 Å². The lowest BCUT2D eigenvalue weighted by atomic mass is 10.0. The van der Waals surface area contributed by atoms with Gasteiger partial charge in [0, 0.05) is 35.1 Å². The third kappa shape index (κ3) is 9.19. The third-order valence-electron chi connectivity index (χ3n) is 7.89. The van der Waals surface area contributed by atoms with E-state index in [9.17, 15) is 23.3 Å². The standard InChI is InChI=1S/C35H37F2N4O10P/c1-4-49-52(45,50-5-2)21-41(48-22-42)16-17-47-32-19-26-28(20-31(32)46-3)38-15-12-29(26)51-30-11-10-25(18-27(30)37)40-34(44)35(13-14-35)33(43)39-24-8-6-23(36)7-9-24/h6-12,15,18-20,22H,4-5,13-14,16-17,21H2,1-3H3,(H,39,43)(H,40,44). The van der Waals surface area contributed by atoms with Crippen molar-refractivity contribution in [1.29, 1.82) is 0 Å². The molecule has 5 rings (SSSR count). The number of benzene rings is 3. The van der Waals surface area contributed by atoms with Crippen LogP contribution in [0.25, 0.3) is 10.9 Å². The van der Waals surface area contributed by atoms with Gasteiger partial charge in [-0.15, -0.1) is 5.06 Å². The maximum Gasteiger partial charge on any atom is 0.347 e. The van der Waals surface area contributed by atoms with Gasteiger partial charge >= 0.3 is 14.1 Å². The molecule has 0 spiro atoms. The molecule has 1 aliphatic rings. The predicted molar refractivity (Wildman–Crippen MR) is 185 cm³/mol. The lowest BCUT2D eigenvalue weighted by molar-refractivity contribution is -0.171. The molecule has 4 aromatic rings. The lowest BCUT2D eigenvalue weighted by Gasteiger charge is -2.24. The predicted octanol–water partition coefficient (Wildman–Crippen LogP) is 6.66. The Morgan fingerprint density at radius 3 is 2.19 bits per heavy atom. The van der Waals surface area contributed by atoms with Gasteiger partial charge in [0.1, 0.15) is 29.9 Å². The fraction of sp³-hybridized carbons (Fsp3) is 0.314. The SMILES string of the molecule is CCOP(=O)(CN(CCOc1cc2c(Oc3ccc(NC(=O)C4(C(=O)Nc5ccc(F)cc5)CC4)cc3F)ccnc2cc1OC)OC=O)OCC. The highest BCUT2D eigenvalue weighted by atomic mass is 31.2. The molecule has 52 heavy (non-hydrogen) atoms. The maximum absolute atomic E-state index is 15.4. The zero-order valence-corrected chi connectivity index (χ0v) is 29.5. The smallest absolute Gasteiger partial charge is 0.347 e. The molecule has 0 unspecified atom stereocenters. The summed E-state index contributed by atoms with van der Waals surface area (Å²) in [5, 5.41) is 6.78. The van der Waals surface area contributed by atoms with E-state index >= 15 is 4.39 Å². The van der Waals surface area contributed by atoms with Crippen LogP contribution in [0.15, 0.2) is 66.9 Å². The largest absolute Gasteiger partial charge is 0.493 e. The van der Waals surface area contributed by atoms with Crippen molar-refractivity contribution < 1.29 is 55.8 Å². The van der Waals surface area contributed by atoms with E-state index in [1.54, 1.807) is 26.0 Å². The number of carbonyl (C=O) groups excluding carboxylic acids is 3. The summed E-state index contributed by atoms with van der Waals surface area (Å²) in [6, 6.07) is 13.7. The number of fused-ring (bicyclic) bond motifs is 1. The Morgan fingerprint density at radius 1 is 0.904 bits per heavy atom. The van der Waals surface area contributed by atoms with Crippen LogP contribution in [0.1, 0.15) is 26.7 Å². The van der Waals surface area contributed by atoms with Crippen LogP contribution in [0, 0.1) is 17.0 Å². The molecule has 1 heterocycles. The van der Waals surface area contributed by atoms with Gasteiger partial charge in [-0.05, 0) is 75.2 Å². The third-order valence-corrected chi connectivity index (χ3v) is 9.86. The van der Waals surface area contributed by atoms with Gasteiger partial charge in [0.2, 0.25) is 11.8 Å². The summed E-state index contributed by atoms with van der Waals surface area (Å²) >= 11 is 0. The molecular formula is C35H37F2N4O10P. The number of hydrogen-bond acceptors (Lipinski definition) is 12. The van der Waals surface area contributed by atoms with E-state index in [-0.39, 0.29) is 62.1 Å². The van der Waals surface area contributed by atoms with Gasteiger partial charge in [-0.2, -0.15) is 0 Å². The van der Waals surface area contributed by atoms with Crippen LogP contribution in [-0.2, 0) is 32.8 Å². The van der Waals surface area contributed by atoms with Crippen molar-refractivity contribution in [3.63, 3.8) is 0 Å². The van der Waals surface area contributed by atoms with Crippen LogP contribution in [-0.4, -0.2) is 68.1 Å². The zero-order valence-electron chi connectivity index (χ0n) is 28.6. The van der Waals surface area contributed by atoms with Crippen LogP contribution >= 0.6 is 7.60 Å². The Kier molecular flexibility index (Phi) is 12.4. The molecule has 0 atom stereocenters. The first kappa shape index (κ1) is 38.1. The van der Waals surface area contributed by atoms with Crippen molar-refractivity contribution in [3.05, 3.63) is 78.5 Å². The summed E-state index contributed by atoms with van der Waals surface area (Å²) in [6.07, 6.45) is 1.75. The Bertz CT molecular complexity index is 1950. The molecule has 1 saturated carbocycles. The Morgan fingerprint density at radius 2 is 1.58 bits per heavy atom. The molecule has 0 aliphatic heterocycles. The first-order valence-electron chi connectivity index (χ1n) is 16.2. The molecule has 14 nitrogen and oxygen atoms in total. The number of hydroxylamine groups is 2. The molecule has 0 saturated heterocycles. The Balaban J connectivity index is 1.27. The van der Waals surface area contributed by atoms with E-state index < -0.39 is 36.5 Å². The lowest BCUT2D eigenvalue weighted by Crippen LogP contribution is -2.35. The molecule has 1 fully saturated rings. The number of amides is 2. The highest BCUT2D eigenvalue weighted by Crippen LogP contribution is 2.49.